The smallest absolute Gasteiger partial charge is 0.308 e. The fraction of sp³-hybridized carbons (Fsp3) is 0.308. The Morgan fingerprint density at radius 3 is 2.67 bits per heavy atom. The number of alkyl halides is 3. The molecule has 24 heavy (non-hydrogen) atoms. The highest BCUT2D eigenvalue weighted by molar-refractivity contribution is 5.72. The molecule has 0 spiro atoms. The van der Waals surface area contributed by atoms with Gasteiger partial charge >= 0.3 is 6.18 Å². The molecule has 0 fully saturated rings. The van der Waals surface area contributed by atoms with E-state index in [9.17, 15) is 22.8 Å². The van der Waals surface area contributed by atoms with Gasteiger partial charge in [0, 0.05) is 7.05 Å². The summed E-state index contributed by atoms with van der Waals surface area (Å²) in [5, 5.41) is 7.90. The summed E-state index contributed by atoms with van der Waals surface area (Å²) >= 11 is 0. The standard InChI is InChI=1S/C13H11F3N6O2/c1-6-3-8(13(14,15)16)12(24)22(20-6)5-9-18-10-7(11(23)19-9)4-17-21(10)2/h3-4H,5H2,1-2H3,(H,18,19,23). The summed E-state index contributed by atoms with van der Waals surface area (Å²) in [6.07, 6.45) is -3.47. The summed E-state index contributed by atoms with van der Waals surface area (Å²) in [4.78, 5) is 30.5. The van der Waals surface area contributed by atoms with Crippen LogP contribution in [0.1, 0.15) is 17.1 Å². The molecule has 11 heteroatoms. The van der Waals surface area contributed by atoms with E-state index < -0.39 is 29.4 Å². The highest BCUT2D eigenvalue weighted by atomic mass is 19.4. The van der Waals surface area contributed by atoms with Crippen molar-refractivity contribution in [2.75, 3.05) is 0 Å². The Morgan fingerprint density at radius 2 is 2.00 bits per heavy atom. The quantitative estimate of drug-likeness (QED) is 0.736. The summed E-state index contributed by atoms with van der Waals surface area (Å²) in [7, 11) is 1.57. The summed E-state index contributed by atoms with van der Waals surface area (Å²) in [6, 6.07) is 0.680. The average molecular weight is 340 g/mol. The third kappa shape index (κ3) is 2.68. The molecule has 8 nitrogen and oxygen atoms in total. The van der Waals surface area contributed by atoms with Crippen LogP contribution in [0, 0.1) is 6.92 Å². The summed E-state index contributed by atoms with van der Waals surface area (Å²) in [6.45, 7) is 0.936. The molecule has 0 unspecified atom stereocenters. The lowest BCUT2D eigenvalue weighted by Crippen LogP contribution is -2.32. The van der Waals surface area contributed by atoms with Crippen LogP contribution in [0.4, 0.5) is 13.2 Å². The number of nitrogens with one attached hydrogen (secondary N) is 1. The molecule has 0 aliphatic rings. The average Bonchev–Trinajstić information content (AvgIpc) is 2.83. The molecule has 3 aromatic rings. The molecule has 0 amide bonds. The molecule has 1 N–H and O–H groups in total. The first-order chi connectivity index (χ1) is 11.2. The molecule has 0 bridgehead atoms. The lowest BCUT2D eigenvalue weighted by Gasteiger charge is -2.10. The number of aromatic amines is 1. The number of hydrogen-bond donors (Lipinski definition) is 1. The Balaban J connectivity index is 2.12. The van der Waals surface area contributed by atoms with E-state index in [0.717, 1.165) is 0 Å². The normalized spacial score (nSPS) is 12.0. The number of aryl methyl sites for hydroxylation is 2. The molecule has 0 radical (unpaired) electrons. The molecule has 3 aromatic heterocycles. The molecule has 0 aromatic carbocycles. The molecule has 0 atom stereocenters. The Morgan fingerprint density at radius 1 is 1.29 bits per heavy atom. The lowest BCUT2D eigenvalue weighted by atomic mass is 10.2. The second-order valence-corrected chi connectivity index (χ2v) is 5.18. The Hall–Kier alpha value is -2.98. The third-order valence-corrected chi connectivity index (χ3v) is 3.35. The maximum atomic E-state index is 12.9. The van der Waals surface area contributed by atoms with E-state index in [0.29, 0.717) is 10.7 Å². The molecule has 3 heterocycles. The molecular weight excluding hydrogens is 329 g/mol. The van der Waals surface area contributed by atoms with Gasteiger partial charge in [0.25, 0.3) is 11.1 Å². The van der Waals surface area contributed by atoms with Gasteiger partial charge in [-0.1, -0.05) is 0 Å². The first-order valence-corrected chi connectivity index (χ1v) is 6.73. The number of aromatic nitrogens is 6. The van der Waals surface area contributed by atoms with Crippen LogP contribution in [0.3, 0.4) is 0 Å². The predicted molar refractivity (Wildman–Crippen MR) is 76.5 cm³/mol. The first kappa shape index (κ1) is 15.9. The number of hydrogen-bond acceptors (Lipinski definition) is 5. The number of fused-ring (bicyclic) bond motifs is 1. The minimum atomic E-state index is -4.79. The van der Waals surface area contributed by atoms with Gasteiger partial charge in [0.05, 0.1) is 11.9 Å². The summed E-state index contributed by atoms with van der Waals surface area (Å²) in [5.41, 5.74) is -2.85. The van der Waals surface area contributed by atoms with Crippen molar-refractivity contribution in [2.45, 2.75) is 19.6 Å². The van der Waals surface area contributed by atoms with E-state index in [1.54, 1.807) is 7.05 Å². The van der Waals surface area contributed by atoms with Crippen LogP contribution in [0.25, 0.3) is 11.0 Å². The van der Waals surface area contributed by atoms with Gasteiger partial charge in [-0.3, -0.25) is 14.3 Å². The van der Waals surface area contributed by atoms with Gasteiger partial charge in [-0.15, -0.1) is 0 Å². The van der Waals surface area contributed by atoms with Crippen LogP contribution < -0.4 is 11.1 Å². The van der Waals surface area contributed by atoms with Crippen LogP contribution >= 0.6 is 0 Å². The second kappa shape index (κ2) is 5.28. The van der Waals surface area contributed by atoms with Crippen molar-refractivity contribution in [3.05, 3.63) is 50.1 Å². The Kier molecular flexibility index (Phi) is 3.50. The van der Waals surface area contributed by atoms with Gasteiger partial charge in [-0.2, -0.15) is 23.4 Å². The maximum Gasteiger partial charge on any atom is 0.421 e. The third-order valence-electron chi connectivity index (χ3n) is 3.35. The number of halogens is 3. The van der Waals surface area contributed by atoms with E-state index in [-0.39, 0.29) is 22.6 Å². The zero-order valence-electron chi connectivity index (χ0n) is 12.5. The van der Waals surface area contributed by atoms with Crippen molar-refractivity contribution in [3.63, 3.8) is 0 Å². The Labute approximate surface area is 131 Å². The van der Waals surface area contributed by atoms with Gasteiger partial charge in [0.1, 0.15) is 23.3 Å². The van der Waals surface area contributed by atoms with Crippen LogP contribution in [0.5, 0.6) is 0 Å². The molecule has 0 saturated heterocycles. The Bertz CT molecular complexity index is 1050. The van der Waals surface area contributed by atoms with Gasteiger partial charge < -0.3 is 4.98 Å². The van der Waals surface area contributed by atoms with Crippen molar-refractivity contribution in [2.24, 2.45) is 7.05 Å². The van der Waals surface area contributed by atoms with Crippen molar-refractivity contribution in [1.29, 1.82) is 0 Å². The first-order valence-electron chi connectivity index (χ1n) is 6.73. The SMILES string of the molecule is Cc1cc(C(F)(F)F)c(=O)n(Cc2nc3c(cnn3C)c(=O)[nH]2)n1. The zero-order chi connectivity index (χ0) is 17.6. The summed E-state index contributed by atoms with van der Waals surface area (Å²) in [5.74, 6) is 0.00410. The van der Waals surface area contributed by atoms with E-state index in [1.807, 2.05) is 0 Å². The molecule has 0 aliphatic carbocycles. The lowest BCUT2D eigenvalue weighted by molar-refractivity contribution is -0.139. The molecule has 0 saturated carbocycles. The number of rotatable bonds is 2. The van der Waals surface area contributed by atoms with Gasteiger partial charge in [0.2, 0.25) is 0 Å². The van der Waals surface area contributed by atoms with Crippen molar-refractivity contribution in [1.82, 2.24) is 29.5 Å². The van der Waals surface area contributed by atoms with E-state index in [1.165, 1.54) is 17.8 Å². The molecule has 0 aliphatic heterocycles. The molecular formula is C13H11F3N6O2. The summed E-state index contributed by atoms with van der Waals surface area (Å²) < 4.78 is 40.7. The van der Waals surface area contributed by atoms with Gasteiger partial charge in [-0.25, -0.2) is 9.67 Å². The van der Waals surface area contributed by atoms with Gasteiger partial charge in [-0.05, 0) is 13.0 Å². The second-order valence-electron chi connectivity index (χ2n) is 5.18. The zero-order valence-corrected chi connectivity index (χ0v) is 12.5. The van der Waals surface area contributed by atoms with E-state index in [4.69, 9.17) is 0 Å². The van der Waals surface area contributed by atoms with Crippen LogP contribution in [-0.4, -0.2) is 29.5 Å². The topological polar surface area (TPSA) is 98.5 Å². The van der Waals surface area contributed by atoms with Crippen molar-refractivity contribution in [3.8, 4) is 0 Å². The van der Waals surface area contributed by atoms with Crippen molar-refractivity contribution < 1.29 is 13.2 Å². The fourth-order valence-electron chi connectivity index (χ4n) is 2.28. The molecule has 126 valence electrons. The van der Waals surface area contributed by atoms with Crippen LogP contribution in [0.15, 0.2) is 21.9 Å². The predicted octanol–water partition coefficient (Wildman–Crippen LogP) is 0.589. The van der Waals surface area contributed by atoms with Crippen LogP contribution in [-0.2, 0) is 19.8 Å². The highest BCUT2D eigenvalue weighted by Gasteiger charge is 2.35. The highest BCUT2D eigenvalue weighted by Crippen LogP contribution is 2.26. The van der Waals surface area contributed by atoms with Gasteiger partial charge in [0.15, 0.2) is 5.65 Å². The minimum Gasteiger partial charge on any atom is -0.308 e. The molecule has 3 rings (SSSR count). The van der Waals surface area contributed by atoms with Crippen molar-refractivity contribution >= 4 is 11.0 Å². The van der Waals surface area contributed by atoms with E-state index in [2.05, 4.69) is 20.2 Å². The largest absolute Gasteiger partial charge is 0.421 e. The number of H-pyrrole nitrogens is 1. The maximum absolute atomic E-state index is 12.9. The minimum absolute atomic E-state index is 0.00410. The number of nitrogens with zero attached hydrogens (tertiary/aromatic N) is 5. The fourth-order valence-corrected chi connectivity index (χ4v) is 2.28. The monoisotopic (exact) mass is 340 g/mol. The van der Waals surface area contributed by atoms with Crippen LogP contribution in [0.2, 0.25) is 0 Å². The van der Waals surface area contributed by atoms with E-state index >= 15 is 0 Å².